The van der Waals surface area contributed by atoms with Crippen LogP contribution in [0.5, 0.6) is 0 Å². The van der Waals surface area contributed by atoms with Crippen molar-refractivity contribution >= 4 is 0 Å². The van der Waals surface area contributed by atoms with Gasteiger partial charge >= 0.3 is 0 Å². The summed E-state index contributed by atoms with van der Waals surface area (Å²) in [5.41, 5.74) is -0.404. The predicted molar refractivity (Wildman–Crippen MR) is 53.7 cm³/mol. The van der Waals surface area contributed by atoms with Crippen molar-refractivity contribution in [2.45, 2.75) is 62.7 Å². The maximum Gasteiger partial charge on any atom is 0.186 e. The summed E-state index contributed by atoms with van der Waals surface area (Å²) in [4.78, 5) is 0. The first-order chi connectivity index (χ1) is 7.46. The first-order valence-corrected chi connectivity index (χ1v) is 5.70. The summed E-state index contributed by atoms with van der Waals surface area (Å²) in [5, 5.41) is 9.47. The topological polar surface area (TPSA) is 57.2 Å². The standard InChI is InChI=1S/C11H18O5/c1-10(2)14-7-8(15-10)11(4-6(12)5-11)16-9(7)13-3/h6-9,12H,4-5H2,1-3H3/t6-,7-,8+,9-,11-/m1/s1. The van der Waals surface area contributed by atoms with E-state index in [1.54, 1.807) is 7.11 Å². The number of hydrogen-bond donors (Lipinski definition) is 1. The largest absolute Gasteiger partial charge is 0.393 e. The Morgan fingerprint density at radius 1 is 1.19 bits per heavy atom. The van der Waals surface area contributed by atoms with Gasteiger partial charge in [0.05, 0.1) is 6.10 Å². The first-order valence-electron chi connectivity index (χ1n) is 5.70. The van der Waals surface area contributed by atoms with Gasteiger partial charge < -0.3 is 24.1 Å². The van der Waals surface area contributed by atoms with E-state index in [1.165, 1.54) is 0 Å². The zero-order valence-corrected chi connectivity index (χ0v) is 9.80. The molecule has 2 aliphatic heterocycles. The van der Waals surface area contributed by atoms with Crippen LogP contribution in [0.1, 0.15) is 26.7 Å². The van der Waals surface area contributed by atoms with Gasteiger partial charge in [0.2, 0.25) is 0 Å². The zero-order valence-electron chi connectivity index (χ0n) is 9.80. The van der Waals surface area contributed by atoms with E-state index < -0.39 is 11.4 Å². The van der Waals surface area contributed by atoms with Crippen LogP contribution in [-0.4, -0.2) is 48.2 Å². The molecule has 3 rings (SSSR count). The molecule has 0 aromatic carbocycles. The third-order valence-electron chi connectivity index (χ3n) is 3.66. The number of hydrogen-bond acceptors (Lipinski definition) is 5. The fraction of sp³-hybridized carbons (Fsp3) is 1.00. The van der Waals surface area contributed by atoms with Crippen molar-refractivity contribution in [1.82, 2.24) is 0 Å². The van der Waals surface area contributed by atoms with E-state index in [1.807, 2.05) is 13.8 Å². The van der Waals surface area contributed by atoms with E-state index >= 15 is 0 Å². The molecule has 0 bridgehead atoms. The minimum atomic E-state index is -0.594. The van der Waals surface area contributed by atoms with Gasteiger partial charge in [-0.25, -0.2) is 0 Å². The highest BCUT2D eigenvalue weighted by molar-refractivity contribution is 5.12. The summed E-state index contributed by atoms with van der Waals surface area (Å²) >= 11 is 0. The second-order valence-electron chi connectivity index (χ2n) is 5.37. The molecular formula is C11H18O5. The van der Waals surface area contributed by atoms with Gasteiger partial charge in [0.1, 0.15) is 17.8 Å². The SMILES string of the molecule is CO[C@@H]1O[C@]2(C[C@H](O)C2)[C@H]2OC(C)(C)O[C@@H]12. The third kappa shape index (κ3) is 1.36. The van der Waals surface area contributed by atoms with Gasteiger partial charge in [0, 0.05) is 20.0 Å². The minimum Gasteiger partial charge on any atom is -0.393 e. The number of rotatable bonds is 1. The van der Waals surface area contributed by atoms with Crippen molar-refractivity contribution in [3.8, 4) is 0 Å². The highest BCUT2D eigenvalue weighted by Crippen LogP contribution is 2.52. The Hall–Kier alpha value is -0.200. The summed E-state index contributed by atoms with van der Waals surface area (Å²) in [6.07, 6.45) is 0.215. The number of aliphatic hydroxyl groups excluding tert-OH is 1. The fourth-order valence-corrected chi connectivity index (χ4v) is 3.01. The lowest BCUT2D eigenvalue weighted by atomic mass is 9.73. The summed E-state index contributed by atoms with van der Waals surface area (Å²) in [7, 11) is 1.60. The summed E-state index contributed by atoms with van der Waals surface area (Å²) < 4.78 is 22.8. The second-order valence-corrected chi connectivity index (χ2v) is 5.37. The molecule has 2 heterocycles. The fourth-order valence-electron chi connectivity index (χ4n) is 3.01. The molecule has 2 saturated heterocycles. The molecule has 0 unspecified atom stereocenters. The Bertz CT molecular complexity index is 297. The lowest BCUT2D eigenvalue weighted by Crippen LogP contribution is -2.55. The van der Waals surface area contributed by atoms with E-state index in [9.17, 15) is 5.11 Å². The Labute approximate surface area is 94.6 Å². The van der Waals surface area contributed by atoms with Gasteiger partial charge in [-0.05, 0) is 13.8 Å². The van der Waals surface area contributed by atoms with E-state index in [0.29, 0.717) is 12.8 Å². The normalized spacial score (nSPS) is 54.0. The van der Waals surface area contributed by atoms with Gasteiger partial charge in [0.25, 0.3) is 0 Å². The maximum absolute atomic E-state index is 9.47. The van der Waals surface area contributed by atoms with Crippen LogP contribution in [0.3, 0.4) is 0 Å². The molecule has 3 atom stereocenters. The molecule has 0 amide bonds. The Kier molecular flexibility index (Phi) is 2.17. The van der Waals surface area contributed by atoms with Crippen molar-refractivity contribution in [2.75, 3.05) is 7.11 Å². The molecule has 3 aliphatic rings. The van der Waals surface area contributed by atoms with Crippen molar-refractivity contribution in [1.29, 1.82) is 0 Å². The van der Waals surface area contributed by atoms with Gasteiger partial charge in [-0.3, -0.25) is 0 Å². The van der Waals surface area contributed by atoms with E-state index in [2.05, 4.69) is 0 Å². The van der Waals surface area contributed by atoms with Gasteiger partial charge in [-0.15, -0.1) is 0 Å². The van der Waals surface area contributed by atoms with Gasteiger partial charge in [0.15, 0.2) is 12.1 Å². The van der Waals surface area contributed by atoms with Crippen LogP contribution in [-0.2, 0) is 18.9 Å². The van der Waals surface area contributed by atoms with Crippen molar-refractivity contribution in [2.24, 2.45) is 0 Å². The van der Waals surface area contributed by atoms with Crippen molar-refractivity contribution in [3.63, 3.8) is 0 Å². The summed E-state index contributed by atoms with van der Waals surface area (Å²) in [6.45, 7) is 3.78. The number of methoxy groups -OCH3 is 1. The highest BCUT2D eigenvalue weighted by Gasteiger charge is 2.67. The minimum absolute atomic E-state index is 0.129. The second kappa shape index (κ2) is 3.17. The van der Waals surface area contributed by atoms with Crippen LogP contribution in [0.4, 0.5) is 0 Å². The Morgan fingerprint density at radius 3 is 2.44 bits per heavy atom. The van der Waals surface area contributed by atoms with E-state index in [4.69, 9.17) is 18.9 Å². The molecule has 5 heteroatoms. The lowest BCUT2D eigenvalue weighted by molar-refractivity contribution is -0.277. The average Bonchev–Trinajstić information content (AvgIpc) is 2.58. The highest BCUT2D eigenvalue weighted by atomic mass is 16.8. The monoisotopic (exact) mass is 230 g/mol. The zero-order chi connectivity index (χ0) is 11.6. The molecule has 16 heavy (non-hydrogen) atoms. The maximum atomic E-state index is 9.47. The Morgan fingerprint density at radius 2 is 1.88 bits per heavy atom. The molecule has 0 radical (unpaired) electrons. The van der Waals surface area contributed by atoms with Crippen LogP contribution in [0.25, 0.3) is 0 Å². The molecule has 5 nitrogen and oxygen atoms in total. The number of fused-ring (bicyclic) bond motifs is 2. The quantitative estimate of drug-likeness (QED) is 0.706. The smallest absolute Gasteiger partial charge is 0.186 e. The van der Waals surface area contributed by atoms with Crippen LogP contribution in [0.15, 0.2) is 0 Å². The molecule has 1 N–H and O–H groups in total. The van der Waals surface area contributed by atoms with Gasteiger partial charge in [-0.2, -0.15) is 0 Å². The van der Waals surface area contributed by atoms with Gasteiger partial charge in [-0.1, -0.05) is 0 Å². The third-order valence-corrected chi connectivity index (χ3v) is 3.66. The molecule has 92 valence electrons. The van der Waals surface area contributed by atoms with Crippen molar-refractivity contribution in [3.05, 3.63) is 0 Å². The molecular weight excluding hydrogens is 212 g/mol. The molecule has 1 saturated carbocycles. The van der Waals surface area contributed by atoms with E-state index in [-0.39, 0.29) is 24.6 Å². The molecule has 0 aromatic heterocycles. The number of ether oxygens (including phenoxy) is 4. The number of aliphatic hydroxyl groups is 1. The van der Waals surface area contributed by atoms with Crippen LogP contribution < -0.4 is 0 Å². The van der Waals surface area contributed by atoms with Crippen LogP contribution in [0, 0.1) is 0 Å². The van der Waals surface area contributed by atoms with Crippen LogP contribution >= 0.6 is 0 Å². The summed E-state index contributed by atoms with van der Waals surface area (Å²) in [6, 6.07) is 0. The lowest BCUT2D eigenvalue weighted by Gasteiger charge is -2.44. The predicted octanol–water partition coefficient (Wildman–Crippen LogP) is 0.403. The molecule has 3 fully saturated rings. The summed E-state index contributed by atoms with van der Waals surface area (Å²) in [5.74, 6) is -0.594. The van der Waals surface area contributed by atoms with Crippen molar-refractivity contribution < 1.29 is 24.1 Å². The Balaban J connectivity index is 1.84. The van der Waals surface area contributed by atoms with E-state index in [0.717, 1.165) is 0 Å². The first kappa shape index (κ1) is 10.9. The average molecular weight is 230 g/mol. The molecule has 1 aliphatic carbocycles. The molecule has 1 spiro atoms. The molecule has 0 aromatic rings. The van der Waals surface area contributed by atoms with Crippen LogP contribution in [0.2, 0.25) is 0 Å².